The first-order chi connectivity index (χ1) is 13.6. The number of hydrogen-bond donors (Lipinski definition) is 2. The summed E-state index contributed by atoms with van der Waals surface area (Å²) < 4.78 is 15.4. The van der Waals surface area contributed by atoms with Crippen LogP contribution in [-0.4, -0.2) is 52.9 Å². The molecule has 0 spiro atoms. The standard InChI is InChI=1S/C21H28FN5O2/c1-21(2,3)17(20(29)23-4)25-19(28)16-15-12-26(5)10-11-27(15)18(24-16)13-6-8-14(22)9-7-13/h6-9,17H,10-12H2,1-5H3,(H,23,29)(H,25,28). The average Bonchev–Trinajstić information content (AvgIpc) is 3.03. The predicted octanol–water partition coefficient (Wildman–Crippen LogP) is 2.03. The van der Waals surface area contributed by atoms with Crippen LogP contribution in [0.3, 0.4) is 0 Å². The lowest BCUT2D eigenvalue weighted by Gasteiger charge is -2.30. The molecule has 2 aromatic rings. The Hall–Kier alpha value is -2.74. The molecule has 7 nitrogen and oxygen atoms in total. The maximum absolute atomic E-state index is 13.4. The lowest BCUT2D eigenvalue weighted by Crippen LogP contribution is -2.53. The summed E-state index contributed by atoms with van der Waals surface area (Å²) in [6.07, 6.45) is 0. The highest BCUT2D eigenvalue weighted by Gasteiger charge is 2.34. The molecule has 0 saturated carbocycles. The van der Waals surface area contributed by atoms with Crippen molar-refractivity contribution in [1.82, 2.24) is 25.1 Å². The number of fused-ring (bicyclic) bond motifs is 1. The van der Waals surface area contributed by atoms with Crippen molar-refractivity contribution in [1.29, 1.82) is 0 Å². The van der Waals surface area contributed by atoms with Gasteiger partial charge in [-0.15, -0.1) is 0 Å². The number of hydrogen-bond acceptors (Lipinski definition) is 4. The summed E-state index contributed by atoms with van der Waals surface area (Å²) in [4.78, 5) is 32.2. The molecule has 0 radical (unpaired) electrons. The lowest BCUT2D eigenvalue weighted by atomic mass is 9.86. The van der Waals surface area contributed by atoms with Crippen molar-refractivity contribution < 1.29 is 14.0 Å². The Balaban J connectivity index is 2.01. The third-order valence-corrected chi connectivity index (χ3v) is 5.17. The van der Waals surface area contributed by atoms with Gasteiger partial charge in [0.25, 0.3) is 5.91 Å². The molecule has 1 atom stereocenters. The predicted molar refractivity (Wildman–Crippen MR) is 109 cm³/mol. The van der Waals surface area contributed by atoms with Gasteiger partial charge in [-0.1, -0.05) is 20.8 Å². The summed E-state index contributed by atoms with van der Waals surface area (Å²) in [7, 11) is 3.53. The molecule has 0 saturated heterocycles. The van der Waals surface area contributed by atoms with Crippen LogP contribution in [0.15, 0.2) is 24.3 Å². The fourth-order valence-corrected chi connectivity index (χ4v) is 3.51. The first-order valence-electron chi connectivity index (χ1n) is 9.68. The number of carbonyl (C=O) groups excluding carboxylic acids is 2. The second-order valence-corrected chi connectivity index (χ2v) is 8.51. The molecule has 2 heterocycles. The zero-order valence-electron chi connectivity index (χ0n) is 17.5. The van der Waals surface area contributed by atoms with E-state index in [9.17, 15) is 14.0 Å². The summed E-state index contributed by atoms with van der Waals surface area (Å²) >= 11 is 0. The number of rotatable bonds is 4. The van der Waals surface area contributed by atoms with Gasteiger partial charge in [-0.2, -0.15) is 0 Å². The van der Waals surface area contributed by atoms with Crippen LogP contribution in [0.25, 0.3) is 11.4 Å². The summed E-state index contributed by atoms with van der Waals surface area (Å²) in [5, 5.41) is 5.47. The Kier molecular flexibility index (Phi) is 5.75. The van der Waals surface area contributed by atoms with E-state index in [0.29, 0.717) is 24.6 Å². The number of halogens is 1. The fraction of sp³-hybridized carbons (Fsp3) is 0.476. The first-order valence-corrected chi connectivity index (χ1v) is 9.68. The van der Waals surface area contributed by atoms with Crippen LogP contribution in [0.2, 0.25) is 0 Å². The van der Waals surface area contributed by atoms with Gasteiger partial charge in [-0.05, 0) is 36.7 Å². The zero-order valence-corrected chi connectivity index (χ0v) is 17.5. The third-order valence-electron chi connectivity index (χ3n) is 5.17. The summed E-state index contributed by atoms with van der Waals surface area (Å²) in [5.41, 5.74) is 1.37. The van der Waals surface area contributed by atoms with Crippen molar-refractivity contribution in [3.63, 3.8) is 0 Å². The minimum Gasteiger partial charge on any atom is -0.357 e. The van der Waals surface area contributed by atoms with Crippen LogP contribution in [0.5, 0.6) is 0 Å². The minimum atomic E-state index is -0.701. The normalized spacial score (nSPS) is 15.5. The van der Waals surface area contributed by atoms with E-state index in [-0.39, 0.29) is 17.6 Å². The number of amides is 2. The van der Waals surface area contributed by atoms with Crippen LogP contribution in [-0.2, 0) is 17.9 Å². The zero-order chi connectivity index (χ0) is 21.3. The maximum Gasteiger partial charge on any atom is 0.272 e. The number of carbonyl (C=O) groups is 2. The highest BCUT2D eigenvalue weighted by Crippen LogP contribution is 2.27. The van der Waals surface area contributed by atoms with Crippen LogP contribution in [0, 0.1) is 11.2 Å². The Labute approximate surface area is 170 Å². The molecule has 0 fully saturated rings. The SMILES string of the molecule is CNC(=O)C(NC(=O)c1nc(-c2ccc(F)cc2)n2c1CN(C)CC2)C(C)(C)C. The number of nitrogens with one attached hydrogen (secondary N) is 2. The summed E-state index contributed by atoms with van der Waals surface area (Å²) in [6.45, 7) is 7.75. The Morgan fingerprint density at radius 1 is 1.17 bits per heavy atom. The van der Waals surface area contributed by atoms with E-state index in [1.165, 1.54) is 12.1 Å². The highest BCUT2D eigenvalue weighted by molar-refractivity contribution is 5.97. The van der Waals surface area contributed by atoms with Gasteiger partial charge in [0.1, 0.15) is 17.7 Å². The molecule has 2 N–H and O–H groups in total. The van der Waals surface area contributed by atoms with Gasteiger partial charge >= 0.3 is 0 Å². The van der Waals surface area contributed by atoms with Gasteiger partial charge in [0.15, 0.2) is 5.69 Å². The molecule has 1 aromatic carbocycles. The fourth-order valence-electron chi connectivity index (χ4n) is 3.51. The van der Waals surface area contributed by atoms with Crippen molar-refractivity contribution in [2.24, 2.45) is 5.41 Å². The molecular weight excluding hydrogens is 373 g/mol. The first kappa shape index (κ1) is 21.0. The summed E-state index contributed by atoms with van der Waals surface area (Å²) in [6, 6.07) is 5.38. The molecule has 1 unspecified atom stereocenters. The van der Waals surface area contributed by atoms with E-state index in [1.54, 1.807) is 19.2 Å². The Morgan fingerprint density at radius 3 is 2.41 bits per heavy atom. The van der Waals surface area contributed by atoms with Crippen molar-refractivity contribution in [2.45, 2.75) is 39.9 Å². The number of benzene rings is 1. The van der Waals surface area contributed by atoms with Gasteiger partial charge in [0, 0.05) is 32.2 Å². The van der Waals surface area contributed by atoms with Crippen LogP contribution in [0.4, 0.5) is 4.39 Å². The van der Waals surface area contributed by atoms with Crippen molar-refractivity contribution in [3.8, 4) is 11.4 Å². The monoisotopic (exact) mass is 401 g/mol. The molecule has 1 aliphatic rings. The Bertz CT molecular complexity index is 914. The van der Waals surface area contributed by atoms with Crippen LogP contribution in [0.1, 0.15) is 37.0 Å². The number of aromatic nitrogens is 2. The van der Waals surface area contributed by atoms with Gasteiger partial charge in [-0.25, -0.2) is 9.37 Å². The van der Waals surface area contributed by atoms with Crippen molar-refractivity contribution >= 4 is 11.8 Å². The second kappa shape index (κ2) is 7.94. The number of likely N-dealkylation sites (N-methyl/N-ethyl adjacent to an activating group) is 2. The number of nitrogens with zero attached hydrogens (tertiary/aromatic N) is 3. The average molecular weight is 401 g/mol. The summed E-state index contributed by atoms with van der Waals surface area (Å²) in [5.74, 6) is -0.336. The third kappa shape index (κ3) is 4.32. The van der Waals surface area contributed by atoms with E-state index < -0.39 is 11.5 Å². The van der Waals surface area contributed by atoms with Crippen molar-refractivity contribution in [2.75, 3.05) is 20.6 Å². The molecule has 156 valence electrons. The van der Waals surface area contributed by atoms with Gasteiger partial charge < -0.3 is 15.2 Å². The van der Waals surface area contributed by atoms with E-state index in [4.69, 9.17) is 0 Å². The van der Waals surface area contributed by atoms with E-state index in [0.717, 1.165) is 17.8 Å². The van der Waals surface area contributed by atoms with Crippen LogP contribution >= 0.6 is 0 Å². The van der Waals surface area contributed by atoms with E-state index in [1.807, 2.05) is 32.4 Å². The van der Waals surface area contributed by atoms with E-state index in [2.05, 4.69) is 20.5 Å². The molecule has 0 aliphatic carbocycles. The van der Waals surface area contributed by atoms with Crippen molar-refractivity contribution in [3.05, 3.63) is 41.5 Å². The molecule has 2 amide bonds. The molecule has 3 rings (SSSR count). The molecular formula is C21H28FN5O2. The smallest absolute Gasteiger partial charge is 0.272 e. The maximum atomic E-state index is 13.4. The topological polar surface area (TPSA) is 79.3 Å². The Morgan fingerprint density at radius 2 is 1.83 bits per heavy atom. The van der Waals surface area contributed by atoms with Gasteiger partial charge in [0.05, 0.1) is 5.69 Å². The lowest BCUT2D eigenvalue weighted by molar-refractivity contribution is -0.124. The quantitative estimate of drug-likeness (QED) is 0.822. The largest absolute Gasteiger partial charge is 0.357 e. The molecule has 1 aliphatic heterocycles. The minimum absolute atomic E-state index is 0.255. The molecule has 0 bridgehead atoms. The second-order valence-electron chi connectivity index (χ2n) is 8.51. The molecule has 1 aromatic heterocycles. The molecule has 8 heteroatoms. The van der Waals surface area contributed by atoms with Crippen LogP contribution < -0.4 is 10.6 Å². The van der Waals surface area contributed by atoms with Gasteiger partial charge in [0.2, 0.25) is 5.91 Å². The van der Waals surface area contributed by atoms with Gasteiger partial charge in [-0.3, -0.25) is 14.5 Å². The van der Waals surface area contributed by atoms with E-state index >= 15 is 0 Å². The highest BCUT2D eigenvalue weighted by atomic mass is 19.1. The molecule has 29 heavy (non-hydrogen) atoms. The number of imidazole rings is 1.